The number of ether oxygens (including phenoxy) is 1. The highest BCUT2D eigenvalue weighted by molar-refractivity contribution is 5.96. The van der Waals surface area contributed by atoms with Gasteiger partial charge in [-0.15, -0.1) is 0 Å². The summed E-state index contributed by atoms with van der Waals surface area (Å²) in [7, 11) is 3.19. The van der Waals surface area contributed by atoms with Gasteiger partial charge in [-0.2, -0.15) is 0 Å². The second kappa shape index (κ2) is 5.51. The molecule has 0 aliphatic heterocycles. The number of carbonyl (C=O) groups excluding carboxylic acids is 1. The number of nitrogens with zero attached hydrogens (tertiary/aromatic N) is 1. The van der Waals surface area contributed by atoms with Crippen LogP contribution in [0.15, 0.2) is 24.3 Å². The van der Waals surface area contributed by atoms with Crippen LogP contribution in [0.1, 0.15) is 17.3 Å². The number of benzene rings is 1. The van der Waals surface area contributed by atoms with E-state index in [0.717, 1.165) is 0 Å². The molecular weight excluding hydrogens is 206 g/mol. The minimum absolute atomic E-state index is 0.0581. The highest BCUT2D eigenvalue weighted by atomic mass is 16.5. The van der Waals surface area contributed by atoms with E-state index in [-0.39, 0.29) is 18.6 Å². The molecule has 0 aromatic heterocycles. The van der Waals surface area contributed by atoms with Crippen LogP contribution >= 0.6 is 0 Å². The van der Waals surface area contributed by atoms with Crippen LogP contribution in [0.3, 0.4) is 0 Å². The van der Waals surface area contributed by atoms with E-state index in [1.807, 2.05) is 6.07 Å². The number of rotatable bonds is 4. The summed E-state index contributed by atoms with van der Waals surface area (Å²) < 4.78 is 5.12. The monoisotopic (exact) mass is 223 g/mol. The van der Waals surface area contributed by atoms with E-state index < -0.39 is 0 Å². The molecule has 16 heavy (non-hydrogen) atoms. The zero-order valence-corrected chi connectivity index (χ0v) is 9.80. The Hall–Kier alpha value is -1.55. The average molecular weight is 223 g/mol. The first-order chi connectivity index (χ1) is 7.61. The quantitative estimate of drug-likeness (QED) is 0.833. The Morgan fingerprint density at radius 2 is 2.12 bits per heavy atom. The van der Waals surface area contributed by atoms with Crippen LogP contribution < -0.4 is 4.74 Å². The average Bonchev–Trinajstić information content (AvgIpc) is 2.35. The van der Waals surface area contributed by atoms with Crippen LogP contribution in [0.4, 0.5) is 0 Å². The first-order valence-electron chi connectivity index (χ1n) is 5.12. The molecule has 4 nitrogen and oxygen atoms in total. The largest absolute Gasteiger partial charge is 0.496 e. The summed E-state index contributed by atoms with van der Waals surface area (Å²) in [5, 5.41) is 9.00. The maximum atomic E-state index is 12.1. The topological polar surface area (TPSA) is 49.8 Å². The molecule has 0 aliphatic rings. The van der Waals surface area contributed by atoms with E-state index in [2.05, 4.69) is 0 Å². The van der Waals surface area contributed by atoms with E-state index in [1.165, 1.54) is 12.0 Å². The predicted octanol–water partition coefficient (Wildman–Crippen LogP) is 1.15. The fourth-order valence-corrected chi connectivity index (χ4v) is 1.33. The molecule has 0 fully saturated rings. The standard InChI is InChI=1S/C12H17NO3/c1-9(8-14)13(2)12(15)10-6-4-5-7-11(10)16-3/h4-7,9,14H,8H2,1-3H3. The van der Waals surface area contributed by atoms with E-state index >= 15 is 0 Å². The summed E-state index contributed by atoms with van der Waals surface area (Å²) >= 11 is 0. The lowest BCUT2D eigenvalue weighted by atomic mass is 10.1. The molecule has 0 saturated heterocycles. The van der Waals surface area contributed by atoms with E-state index in [9.17, 15) is 4.79 Å². The first kappa shape index (κ1) is 12.5. The van der Waals surface area contributed by atoms with Crippen LogP contribution in [0.2, 0.25) is 0 Å². The van der Waals surface area contributed by atoms with Gasteiger partial charge in [0.2, 0.25) is 0 Å². The molecule has 1 unspecified atom stereocenters. The van der Waals surface area contributed by atoms with Crippen molar-refractivity contribution in [3.05, 3.63) is 29.8 Å². The van der Waals surface area contributed by atoms with Gasteiger partial charge in [-0.25, -0.2) is 0 Å². The van der Waals surface area contributed by atoms with Gasteiger partial charge in [0.1, 0.15) is 5.75 Å². The Balaban J connectivity index is 2.95. The third kappa shape index (κ3) is 2.52. The summed E-state index contributed by atoms with van der Waals surface area (Å²) in [6.07, 6.45) is 0. The van der Waals surface area contributed by atoms with Gasteiger partial charge in [0.15, 0.2) is 0 Å². The Morgan fingerprint density at radius 1 is 1.50 bits per heavy atom. The van der Waals surface area contributed by atoms with Gasteiger partial charge < -0.3 is 14.7 Å². The number of hydrogen-bond acceptors (Lipinski definition) is 3. The molecule has 1 rings (SSSR count). The number of aliphatic hydroxyl groups excluding tert-OH is 1. The van der Waals surface area contributed by atoms with Gasteiger partial charge in [-0.3, -0.25) is 4.79 Å². The summed E-state index contributed by atoms with van der Waals surface area (Å²) in [5.41, 5.74) is 0.507. The molecule has 1 aromatic carbocycles. The maximum absolute atomic E-state index is 12.1. The zero-order chi connectivity index (χ0) is 12.1. The molecule has 1 N–H and O–H groups in total. The molecule has 0 heterocycles. The lowest BCUT2D eigenvalue weighted by Crippen LogP contribution is -2.37. The molecule has 1 aromatic rings. The highest BCUT2D eigenvalue weighted by Crippen LogP contribution is 2.19. The Kier molecular flexibility index (Phi) is 4.31. The van der Waals surface area contributed by atoms with Crippen molar-refractivity contribution in [2.75, 3.05) is 20.8 Å². The van der Waals surface area contributed by atoms with Crippen molar-refractivity contribution in [2.24, 2.45) is 0 Å². The number of para-hydroxylation sites is 1. The smallest absolute Gasteiger partial charge is 0.257 e. The Labute approximate surface area is 95.5 Å². The maximum Gasteiger partial charge on any atom is 0.257 e. The second-order valence-corrected chi connectivity index (χ2v) is 3.65. The second-order valence-electron chi connectivity index (χ2n) is 3.65. The van der Waals surface area contributed by atoms with Crippen molar-refractivity contribution in [2.45, 2.75) is 13.0 Å². The number of methoxy groups -OCH3 is 1. The molecule has 0 saturated carbocycles. The predicted molar refractivity (Wildman–Crippen MR) is 61.6 cm³/mol. The van der Waals surface area contributed by atoms with Crippen LogP contribution in [-0.2, 0) is 0 Å². The molecule has 4 heteroatoms. The van der Waals surface area contributed by atoms with Crippen molar-refractivity contribution >= 4 is 5.91 Å². The first-order valence-corrected chi connectivity index (χ1v) is 5.12. The van der Waals surface area contributed by atoms with Crippen molar-refractivity contribution in [3.8, 4) is 5.75 Å². The van der Waals surface area contributed by atoms with Gasteiger partial charge in [0, 0.05) is 7.05 Å². The van der Waals surface area contributed by atoms with Gasteiger partial charge in [0.05, 0.1) is 25.3 Å². The van der Waals surface area contributed by atoms with Crippen LogP contribution in [-0.4, -0.2) is 42.7 Å². The summed E-state index contributed by atoms with van der Waals surface area (Å²) in [6.45, 7) is 1.73. The number of likely N-dealkylation sites (N-methyl/N-ethyl adjacent to an activating group) is 1. The number of amides is 1. The fraction of sp³-hybridized carbons (Fsp3) is 0.417. The summed E-state index contributed by atoms with van der Waals surface area (Å²) in [4.78, 5) is 13.6. The number of aliphatic hydroxyl groups is 1. The van der Waals surface area contributed by atoms with Crippen molar-refractivity contribution in [1.29, 1.82) is 0 Å². The van der Waals surface area contributed by atoms with Crippen LogP contribution in [0.5, 0.6) is 5.75 Å². The normalized spacial score (nSPS) is 12.0. The summed E-state index contributed by atoms with van der Waals surface area (Å²) in [6, 6.07) is 6.84. The van der Waals surface area contributed by atoms with Crippen molar-refractivity contribution in [1.82, 2.24) is 4.90 Å². The van der Waals surface area contributed by atoms with Gasteiger partial charge in [-0.1, -0.05) is 12.1 Å². The lowest BCUT2D eigenvalue weighted by Gasteiger charge is -2.23. The molecule has 1 atom stereocenters. The van der Waals surface area contributed by atoms with E-state index in [4.69, 9.17) is 9.84 Å². The third-order valence-electron chi connectivity index (χ3n) is 2.58. The van der Waals surface area contributed by atoms with E-state index in [1.54, 1.807) is 32.2 Å². The van der Waals surface area contributed by atoms with Gasteiger partial charge in [-0.05, 0) is 19.1 Å². The SMILES string of the molecule is COc1ccccc1C(=O)N(C)C(C)CO. The lowest BCUT2D eigenvalue weighted by molar-refractivity contribution is 0.0679. The minimum Gasteiger partial charge on any atom is -0.496 e. The Bertz CT molecular complexity index is 365. The van der Waals surface area contributed by atoms with Crippen molar-refractivity contribution < 1.29 is 14.6 Å². The molecule has 0 spiro atoms. The zero-order valence-electron chi connectivity index (χ0n) is 9.80. The summed E-state index contributed by atoms with van der Waals surface area (Å²) in [5.74, 6) is 0.392. The molecule has 0 radical (unpaired) electrons. The van der Waals surface area contributed by atoms with Crippen LogP contribution in [0.25, 0.3) is 0 Å². The number of hydrogen-bond donors (Lipinski definition) is 1. The minimum atomic E-state index is -0.211. The molecule has 88 valence electrons. The Morgan fingerprint density at radius 3 is 2.69 bits per heavy atom. The van der Waals surface area contributed by atoms with Gasteiger partial charge in [0.25, 0.3) is 5.91 Å². The fourth-order valence-electron chi connectivity index (χ4n) is 1.33. The van der Waals surface area contributed by atoms with E-state index in [0.29, 0.717) is 11.3 Å². The molecule has 0 aliphatic carbocycles. The molecule has 0 bridgehead atoms. The number of carbonyl (C=O) groups is 1. The third-order valence-corrected chi connectivity index (χ3v) is 2.58. The van der Waals surface area contributed by atoms with Gasteiger partial charge >= 0.3 is 0 Å². The molecular formula is C12H17NO3. The molecule has 1 amide bonds. The van der Waals surface area contributed by atoms with Crippen LogP contribution in [0, 0.1) is 0 Å². The highest BCUT2D eigenvalue weighted by Gasteiger charge is 2.19. The van der Waals surface area contributed by atoms with Crippen molar-refractivity contribution in [3.63, 3.8) is 0 Å².